The number of carbonyl (C=O) groups is 1. The first kappa shape index (κ1) is 18.2. The maximum atomic E-state index is 12.9. The lowest BCUT2D eigenvalue weighted by Crippen LogP contribution is -2.34. The van der Waals surface area contributed by atoms with Gasteiger partial charge in [-0.3, -0.25) is 4.40 Å². The monoisotopic (exact) mass is 394 g/mol. The zero-order valence-electron chi connectivity index (χ0n) is 15.3. The Kier molecular flexibility index (Phi) is 5.08. The molecule has 142 valence electrons. The highest BCUT2D eigenvalue weighted by Gasteiger charge is 2.08. The summed E-state index contributed by atoms with van der Waals surface area (Å²) in [5, 5.41) is 5.61. The quantitative estimate of drug-likeness (QED) is 0.523. The van der Waals surface area contributed by atoms with Gasteiger partial charge in [-0.1, -0.05) is 30.3 Å². The molecule has 2 N–H and O–H groups in total. The van der Waals surface area contributed by atoms with Crippen LogP contribution in [0.15, 0.2) is 60.9 Å². The smallest absolute Gasteiger partial charge is 0.315 e. The van der Waals surface area contributed by atoms with Crippen molar-refractivity contribution in [1.82, 2.24) is 20.0 Å². The number of hydrogen-bond acceptors (Lipinski definition) is 3. The van der Waals surface area contributed by atoms with Crippen LogP contribution in [0.1, 0.15) is 16.0 Å². The fourth-order valence-corrected chi connectivity index (χ4v) is 3.73. The Morgan fingerprint density at radius 2 is 1.82 bits per heavy atom. The number of aromatic nitrogens is 2. The van der Waals surface area contributed by atoms with E-state index in [1.807, 2.05) is 34.9 Å². The number of thiazole rings is 1. The first-order valence-electron chi connectivity index (χ1n) is 8.87. The van der Waals surface area contributed by atoms with Gasteiger partial charge < -0.3 is 10.6 Å². The molecular formula is C21H19FN4OS. The van der Waals surface area contributed by atoms with Crippen molar-refractivity contribution in [1.29, 1.82) is 0 Å². The van der Waals surface area contributed by atoms with Gasteiger partial charge in [0.2, 0.25) is 0 Å². The van der Waals surface area contributed by atoms with Gasteiger partial charge in [0, 0.05) is 35.9 Å². The molecule has 2 heterocycles. The van der Waals surface area contributed by atoms with Crippen LogP contribution in [-0.2, 0) is 13.1 Å². The molecule has 2 aromatic heterocycles. The van der Waals surface area contributed by atoms with Gasteiger partial charge in [0.25, 0.3) is 0 Å². The van der Waals surface area contributed by atoms with E-state index in [1.165, 1.54) is 17.0 Å². The maximum absolute atomic E-state index is 12.9. The summed E-state index contributed by atoms with van der Waals surface area (Å²) in [5.74, 6) is -0.291. The van der Waals surface area contributed by atoms with Gasteiger partial charge in [-0.15, -0.1) is 11.3 Å². The van der Waals surface area contributed by atoms with Crippen molar-refractivity contribution in [2.24, 2.45) is 0 Å². The molecule has 0 aliphatic heterocycles. The number of halogens is 1. The number of hydrogen-bond donors (Lipinski definition) is 2. The largest absolute Gasteiger partial charge is 0.334 e. The molecule has 0 aliphatic rings. The average molecular weight is 394 g/mol. The number of aryl methyl sites for hydroxylation is 1. The molecule has 2 amide bonds. The fraction of sp³-hybridized carbons (Fsp3) is 0.143. The summed E-state index contributed by atoms with van der Waals surface area (Å²) in [6.45, 7) is 2.81. The predicted octanol–water partition coefficient (Wildman–Crippen LogP) is 4.51. The van der Waals surface area contributed by atoms with Crippen LogP contribution in [0, 0.1) is 12.7 Å². The Labute approximate surface area is 165 Å². The summed E-state index contributed by atoms with van der Waals surface area (Å²) in [6.07, 6.45) is 4.08. The number of imidazole rings is 1. The van der Waals surface area contributed by atoms with Gasteiger partial charge in [0.1, 0.15) is 5.82 Å². The summed E-state index contributed by atoms with van der Waals surface area (Å²) in [6, 6.07) is 13.7. The Hall–Kier alpha value is -3.19. The molecule has 4 rings (SSSR count). The molecule has 0 saturated carbocycles. The molecule has 2 aromatic carbocycles. The van der Waals surface area contributed by atoms with E-state index in [0.717, 1.165) is 27.3 Å². The van der Waals surface area contributed by atoms with Gasteiger partial charge in [0.05, 0.1) is 5.69 Å². The number of nitrogens with zero attached hydrogens (tertiary/aromatic N) is 2. The molecule has 0 spiro atoms. The van der Waals surface area contributed by atoms with E-state index in [1.54, 1.807) is 23.5 Å². The molecule has 0 radical (unpaired) electrons. The molecule has 0 bridgehead atoms. The van der Waals surface area contributed by atoms with E-state index in [2.05, 4.69) is 28.7 Å². The van der Waals surface area contributed by atoms with Crippen molar-refractivity contribution in [3.8, 4) is 11.3 Å². The van der Waals surface area contributed by atoms with Crippen molar-refractivity contribution in [2.75, 3.05) is 0 Å². The van der Waals surface area contributed by atoms with Crippen LogP contribution in [0.2, 0.25) is 0 Å². The van der Waals surface area contributed by atoms with Crippen molar-refractivity contribution in [3.05, 3.63) is 82.7 Å². The fourth-order valence-electron chi connectivity index (χ4n) is 2.92. The molecule has 0 fully saturated rings. The SMILES string of the molecule is Cc1cn2cc(-c3cccc(CNC(=O)NCc4ccc(F)cc4)c3)nc2s1. The molecule has 4 aromatic rings. The van der Waals surface area contributed by atoms with Crippen LogP contribution < -0.4 is 10.6 Å². The molecule has 7 heteroatoms. The number of carbonyl (C=O) groups excluding carboxylic acids is 1. The third kappa shape index (κ3) is 4.20. The second-order valence-electron chi connectivity index (χ2n) is 6.52. The van der Waals surface area contributed by atoms with E-state index < -0.39 is 0 Å². The number of benzene rings is 2. The second-order valence-corrected chi connectivity index (χ2v) is 7.73. The van der Waals surface area contributed by atoms with Gasteiger partial charge >= 0.3 is 6.03 Å². The first-order chi connectivity index (χ1) is 13.6. The van der Waals surface area contributed by atoms with Crippen molar-refractivity contribution < 1.29 is 9.18 Å². The Morgan fingerprint density at radius 3 is 2.57 bits per heavy atom. The van der Waals surface area contributed by atoms with Gasteiger partial charge in [-0.25, -0.2) is 14.2 Å². The van der Waals surface area contributed by atoms with Crippen LogP contribution in [0.3, 0.4) is 0 Å². The zero-order valence-corrected chi connectivity index (χ0v) is 16.1. The standard InChI is InChI=1S/C21H19FN4OS/c1-14-12-26-13-19(25-21(26)28-14)17-4-2-3-16(9-17)11-24-20(27)23-10-15-5-7-18(22)8-6-15/h2-9,12-13H,10-11H2,1H3,(H2,23,24,27). The van der Waals surface area contributed by atoms with Gasteiger partial charge in [-0.05, 0) is 36.2 Å². The third-order valence-corrected chi connectivity index (χ3v) is 5.23. The van der Waals surface area contributed by atoms with E-state index in [0.29, 0.717) is 13.1 Å². The van der Waals surface area contributed by atoms with Crippen LogP contribution in [-0.4, -0.2) is 15.4 Å². The molecule has 0 saturated heterocycles. The van der Waals surface area contributed by atoms with Crippen LogP contribution in [0.5, 0.6) is 0 Å². The predicted molar refractivity (Wildman–Crippen MR) is 109 cm³/mol. The summed E-state index contributed by atoms with van der Waals surface area (Å²) in [7, 11) is 0. The minimum absolute atomic E-state index is 0.271. The van der Waals surface area contributed by atoms with Crippen molar-refractivity contribution >= 4 is 22.3 Å². The van der Waals surface area contributed by atoms with E-state index >= 15 is 0 Å². The summed E-state index contributed by atoms with van der Waals surface area (Å²) < 4.78 is 14.9. The molecular weight excluding hydrogens is 375 g/mol. The van der Waals surface area contributed by atoms with Crippen LogP contribution in [0.4, 0.5) is 9.18 Å². The molecule has 0 aliphatic carbocycles. The number of fused-ring (bicyclic) bond motifs is 1. The van der Waals surface area contributed by atoms with E-state index in [-0.39, 0.29) is 11.8 Å². The molecule has 0 atom stereocenters. The Morgan fingerprint density at radius 1 is 1.07 bits per heavy atom. The maximum Gasteiger partial charge on any atom is 0.315 e. The molecule has 0 unspecified atom stereocenters. The molecule has 28 heavy (non-hydrogen) atoms. The van der Waals surface area contributed by atoms with Gasteiger partial charge in [0.15, 0.2) is 4.96 Å². The first-order valence-corrected chi connectivity index (χ1v) is 9.69. The van der Waals surface area contributed by atoms with Crippen LogP contribution in [0.25, 0.3) is 16.2 Å². The highest BCUT2D eigenvalue weighted by atomic mass is 32.1. The summed E-state index contributed by atoms with van der Waals surface area (Å²) >= 11 is 1.66. The number of urea groups is 1. The van der Waals surface area contributed by atoms with Crippen molar-refractivity contribution in [3.63, 3.8) is 0 Å². The summed E-state index contributed by atoms with van der Waals surface area (Å²) in [5.41, 5.74) is 3.75. The topological polar surface area (TPSA) is 58.4 Å². The highest BCUT2D eigenvalue weighted by molar-refractivity contribution is 7.17. The van der Waals surface area contributed by atoms with Crippen LogP contribution >= 0.6 is 11.3 Å². The lowest BCUT2D eigenvalue weighted by molar-refractivity contribution is 0.240. The summed E-state index contributed by atoms with van der Waals surface area (Å²) in [4.78, 5) is 18.9. The molecule has 5 nitrogen and oxygen atoms in total. The lowest BCUT2D eigenvalue weighted by Gasteiger charge is -2.08. The van der Waals surface area contributed by atoms with E-state index in [4.69, 9.17) is 0 Å². The second kappa shape index (κ2) is 7.82. The number of amides is 2. The number of nitrogens with one attached hydrogen (secondary N) is 2. The average Bonchev–Trinajstić information content (AvgIpc) is 3.23. The highest BCUT2D eigenvalue weighted by Crippen LogP contribution is 2.24. The van der Waals surface area contributed by atoms with E-state index in [9.17, 15) is 9.18 Å². The van der Waals surface area contributed by atoms with Gasteiger partial charge in [-0.2, -0.15) is 0 Å². The minimum Gasteiger partial charge on any atom is -0.334 e. The Bertz CT molecular complexity index is 1090. The minimum atomic E-state index is -0.291. The number of rotatable bonds is 5. The van der Waals surface area contributed by atoms with Crippen molar-refractivity contribution in [2.45, 2.75) is 20.0 Å². The third-order valence-electron chi connectivity index (χ3n) is 4.31. The lowest BCUT2D eigenvalue weighted by atomic mass is 10.1. The zero-order chi connectivity index (χ0) is 19.5. The normalized spacial score (nSPS) is 10.9. The Balaban J connectivity index is 1.35.